The van der Waals surface area contributed by atoms with E-state index < -0.39 is 17.4 Å². The van der Waals surface area contributed by atoms with Crippen LogP contribution in [0.2, 0.25) is 0 Å². The predicted molar refractivity (Wildman–Crippen MR) is 112 cm³/mol. The van der Waals surface area contributed by atoms with E-state index in [1.165, 1.54) is 0 Å². The number of aryl methyl sites for hydroxylation is 1. The number of benzene rings is 1. The number of para-hydroxylation sites is 1. The first kappa shape index (κ1) is 18.4. The Balaban J connectivity index is 1.18. The first-order chi connectivity index (χ1) is 15.1. The largest absolute Gasteiger partial charge is 0.361 e. The lowest BCUT2D eigenvalue weighted by atomic mass is 9.77. The van der Waals surface area contributed by atoms with Gasteiger partial charge in [-0.2, -0.15) is 0 Å². The number of amides is 2. The normalized spacial score (nSPS) is 28.6. The van der Waals surface area contributed by atoms with Crippen molar-refractivity contribution in [3.05, 3.63) is 60.0 Å². The third-order valence-corrected chi connectivity index (χ3v) is 6.66. The molecule has 3 aromatic rings. The van der Waals surface area contributed by atoms with E-state index in [-0.39, 0.29) is 17.9 Å². The summed E-state index contributed by atoms with van der Waals surface area (Å²) in [6.07, 6.45) is 6.16. The summed E-state index contributed by atoms with van der Waals surface area (Å²) in [4.78, 5) is 31.2. The zero-order chi connectivity index (χ0) is 21.2. The lowest BCUT2D eigenvalue weighted by molar-refractivity contribution is -0.131. The highest BCUT2D eigenvalue weighted by Gasteiger charge is 2.67. The van der Waals surface area contributed by atoms with Crippen LogP contribution in [-0.2, 0) is 20.7 Å². The predicted octanol–water partition coefficient (Wildman–Crippen LogP) is 2.11. The van der Waals surface area contributed by atoms with Crippen LogP contribution in [0.1, 0.15) is 11.3 Å². The third kappa shape index (κ3) is 2.68. The molecule has 3 aliphatic rings. The van der Waals surface area contributed by atoms with Gasteiger partial charge in [-0.05, 0) is 25.0 Å². The Hall–Kier alpha value is -3.39. The van der Waals surface area contributed by atoms with Crippen LogP contribution in [0.4, 0.5) is 5.82 Å². The molecule has 1 aromatic carbocycles. The van der Waals surface area contributed by atoms with Crippen LogP contribution in [0, 0.1) is 18.8 Å². The van der Waals surface area contributed by atoms with Gasteiger partial charge in [0.15, 0.2) is 5.82 Å². The van der Waals surface area contributed by atoms with E-state index in [2.05, 4.69) is 21.5 Å². The minimum absolute atomic E-state index is 0.142. The van der Waals surface area contributed by atoms with Crippen molar-refractivity contribution in [2.75, 3.05) is 18.0 Å². The zero-order valence-corrected chi connectivity index (χ0v) is 17.0. The maximum absolute atomic E-state index is 13.2. The molecule has 5 heterocycles. The number of rotatable bonds is 5. The maximum atomic E-state index is 13.2. The molecule has 2 N–H and O–H groups in total. The monoisotopic (exact) mass is 418 g/mol. The summed E-state index contributed by atoms with van der Waals surface area (Å²) in [5.74, 6) is -0.287. The van der Waals surface area contributed by atoms with Crippen molar-refractivity contribution in [2.24, 2.45) is 11.8 Å². The summed E-state index contributed by atoms with van der Waals surface area (Å²) in [6.45, 7) is 2.62. The number of nitrogens with one attached hydrogen (secondary N) is 2. The molecule has 4 unspecified atom stereocenters. The number of H-pyrrole nitrogens is 1. The van der Waals surface area contributed by atoms with Gasteiger partial charge in [0.25, 0.3) is 0 Å². The Morgan fingerprint density at radius 2 is 2.26 bits per heavy atom. The average Bonchev–Trinajstić information content (AvgIpc) is 3.56. The second kappa shape index (κ2) is 6.55. The Bertz CT molecular complexity index is 1230. The standard InChI is InChI=1S/C23H22N4O4/c1-13-10-18(26-31-13)27-12-23-8-6-17(30-23)19(20(23)22(27)29)21(28)24-9-7-14-11-25-16-5-3-2-4-15(14)16/h2-6,8,10-11,17,19-20,25H,7,9,12H2,1H3,(H,24,28). The van der Waals surface area contributed by atoms with Gasteiger partial charge in [0.1, 0.15) is 11.4 Å². The van der Waals surface area contributed by atoms with Gasteiger partial charge in [-0.15, -0.1) is 0 Å². The number of ether oxygens (including phenoxy) is 1. The highest BCUT2D eigenvalue weighted by molar-refractivity contribution is 6.02. The summed E-state index contributed by atoms with van der Waals surface area (Å²) < 4.78 is 11.3. The van der Waals surface area contributed by atoms with Gasteiger partial charge in [0, 0.05) is 29.7 Å². The van der Waals surface area contributed by atoms with E-state index in [4.69, 9.17) is 9.26 Å². The molecule has 0 saturated carbocycles. The fourth-order valence-electron chi connectivity index (χ4n) is 5.25. The van der Waals surface area contributed by atoms with E-state index in [0.717, 1.165) is 16.5 Å². The van der Waals surface area contributed by atoms with E-state index in [1.807, 2.05) is 36.5 Å². The van der Waals surface area contributed by atoms with Crippen molar-refractivity contribution in [3.63, 3.8) is 0 Å². The molecule has 3 aliphatic heterocycles. The summed E-state index contributed by atoms with van der Waals surface area (Å²) in [5.41, 5.74) is 1.46. The second-order valence-corrected chi connectivity index (χ2v) is 8.52. The quantitative estimate of drug-likeness (QED) is 0.618. The smallest absolute Gasteiger partial charge is 0.235 e. The summed E-state index contributed by atoms with van der Waals surface area (Å²) in [5, 5.41) is 8.16. The first-order valence-electron chi connectivity index (χ1n) is 10.5. The molecule has 2 bridgehead atoms. The van der Waals surface area contributed by atoms with E-state index in [1.54, 1.807) is 17.9 Å². The van der Waals surface area contributed by atoms with Gasteiger partial charge in [0.2, 0.25) is 11.8 Å². The van der Waals surface area contributed by atoms with Crippen LogP contribution in [-0.4, -0.2) is 46.7 Å². The van der Waals surface area contributed by atoms with Crippen LogP contribution in [0.5, 0.6) is 0 Å². The van der Waals surface area contributed by atoms with Gasteiger partial charge in [-0.25, -0.2) is 0 Å². The maximum Gasteiger partial charge on any atom is 0.235 e. The van der Waals surface area contributed by atoms with Gasteiger partial charge < -0.3 is 19.6 Å². The van der Waals surface area contributed by atoms with Crippen molar-refractivity contribution in [2.45, 2.75) is 25.0 Å². The Kier molecular flexibility index (Phi) is 3.89. The van der Waals surface area contributed by atoms with E-state index >= 15 is 0 Å². The second-order valence-electron chi connectivity index (χ2n) is 8.52. The van der Waals surface area contributed by atoms with Gasteiger partial charge in [-0.1, -0.05) is 35.5 Å². The first-order valence-corrected chi connectivity index (χ1v) is 10.5. The summed E-state index contributed by atoms with van der Waals surface area (Å²) >= 11 is 0. The number of aromatic amines is 1. The number of carbonyl (C=O) groups is 2. The summed E-state index contributed by atoms with van der Waals surface area (Å²) in [6, 6.07) is 9.82. The lowest BCUT2D eigenvalue weighted by Gasteiger charge is -2.23. The highest BCUT2D eigenvalue weighted by atomic mass is 16.5. The number of hydrogen-bond acceptors (Lipinski definition) is 5. The molecule has 2 fully saturated rings. The Morgan fingerprint density at radius 3 is 3.10 bits per heavy atom. The summed E-state index contributed by atoms with van der Waals surface area (Å²) in [7, 11) is 0. The topological polar surface area (TPSA) is 100 Å². The molecular weight excluding hydrogens is 396 g/mol. The molecule has 0 aliphatic carbocycles. The van der Waals surface area contributed by atoms with Crippen LogP contribution in [0.25, 0.3) is 10.9 Å². The number of carbonyl (C=O) groups excluding carboxylic acids is 2. The number of aromatic nitrogens is 2. The number of anilines is 1. The highest BCUT2D eigenvalue weighted by Crippen LogP contribution is 2.52. The molecule has 1 spiro atoms. The van der Waals surface area contributed by atoms with Crippen molar-refractivity contribution < 1.29 is 18.8 Å². The molecule has 4 atom stereocenters. The van der Waals surface area contributed by atoms with Crippen LogP contribution < -0.4 is 10.2 Å². The van der Waals surface area contributed by atoms with Crippen LogP contribution in [0.15, 0.2) is 53.2 Å². The molecule has 2 saturated heterocycles. The molecule has 158 valence electrons. The minimum atomic E-state index is -0.770. The van der Waals surface area contributed by atoms with Crippen LogP contribution >= 0.6 is 0 Å². The fourth-order valence-corrected chi connectivity index (χ4v) is 5.25. The average molecular weight is 418 g/mol. The van der Waals surface area contributed by atoms with E-state index in [0.29, 0.717) is 31.1 Å². The SMILES string of the molecule is Cc1cc(N2CC34C=CC(O3)C(C(=O)NCCc3c[nH]c5ccccc35)C4C2=O)no1. The fraction of sp³-hybridized carbons (Fsp3) is 0.348. The molecule has 8 heteroatoms. The lowest BCUT2D eigenvalue weighted by Crippen LogP contribution is -2.44. The van der Waals surface area contributed by atoms with Crippen molar-refractivity contribution >= 4 is 28.5 Å². The number of hydrogen-bond donors (Lipinski definition) is 2. The molecule has 2 amide bonds. The molecule has 2 aromatic heterocycles. The molecule has 8 nitrogen and oxygen atoms in total. The van der Waals surface area contributed by atoms with Crippen molar-refractivity contribution in [1.29, 1.82) is 0 Å². The van der Waals surface area contributed by atoms with Crippen molar-refractivity contribution in [3.8, 4) is 0 Å². The number of nitrogens with zero attached hydrogens (tertiary/aromatic N) is 2. The van der Waals surface area contributed by atoms with E-state index in [9.17, 15) is 9.59 Å². The van der Waals surface area contributed by atoms with Gasteiger partial charge in [-0.3, -0.25) is 14.5 Å². The molecule has 6 rings (SSSR count). The van der Waals surface area contributed by atoms with Crippen molar-refractivity contribution in [1.82, 2.24) is 15.5 Å². The van der Waals surface area contributed by atoms with Gasteiger partial charge in [0.05, 0.1) is 24.5 Å². The third-order valence-electron chi connectivity index (χ3n) is 6.66. The molecule has 0 radical (unpaired) electrons. The Morgan fingerprint density at radius 1 is 1.39 bits per heavy atom. The number of fused-ring (bicyclic) bond motifs is 2. The van der Waals surface area contributed by atoms with Gasteiger partial charge >= 0.3 is 0 Å². The minimum Gasteiger partial charge on any atom is -0.361 e. The molecular formula is C23H22N4O4. The van der Waals surface area contributed by atoms with Crippen LogP contribution in [0.3, 0.4) is 0 Å². The molecule has 31 heavy (non-hydrogen) atoms. The zero-order valence-electron chi connectivity index (χ0n) is 17.0. The Labute approximate surface area is 178 Å².